The Hall–Kier alpha value is -2.86. The van der Waals surface area contributed by atoms with Crippen molar-refractivity contribution < 1.29 is 27.5 Å². The zero-order valence-electron chi connectivity index (χ0n) is 23.0. The molecule has 8 nitrogen and oxygen atoms in total. The minimum Gasteiger partial charge on any atom is -0.383 e. The summed E-state index contributed by atoms with van der Waals surface area (Å²) in [4.78, 5) is 29.5. The lowest BCUT2D eigenvalue weighted by atomic mass is 10.0. The van der Waals surface area contributed by atoms with E-state index in [1.54, 1.807) is 31.2 Å². The van der Waals surface area contributed by atoms with E-state index in [9.17, 15) is 22.8 Å². The normalized spacial score (nSPS) is 15.6. The molecule has 40 heavy (non-hydrogen) atoms. The number of likely N-dealkylation sites (N-methyl/N-ethyl adjacent to an activating group) is 1. The molecule has 220 valence electrons. The second-order valence-corrected chi connectivity index (χ2v) is 10.3. The highest BCUT2D eigenvalue weighted by molar-refractivity contribution is 6.30. The summed E-state index contributed by atoms with van der Waals surface area (Å²) in [7, 11) is 3.22. The lowest BCUT2D eigenvalue weighted by Gasteiger charge is -2.38. The molecule has 1 unspecified atom stereocenters. The highest BCUT2D eigenvalue weighted by Crippen LogP contribution is 2.33. The maximum atomic E-state index is 13.5. The first-order chi connectivity index (χ1) is 19.0. The number of benzene rings is 2. The number of hydrogen-bond acceptors (Lipinski definition) is 6. The molecule has 1 saturated heterocycles. The van der Waals surface area contributed by atoms with E-state index >= 15 is 0 Å². The van der Waals surface area contributed by atoms with E-state index in [1.165, 1.54) is 12.1 Å². The Morgan fingerprint density at radius 3 is 2.35 bits per heavy atom. The van der Waals surface area contributed by atoms with E-state index < -0.39 is 17.8 Å². The number of amides is 2. The number of hydrogen-bond donors (Lipinski definition) is 3. The van der Waals surface area contributed by atoms with Crippen LogP contribution in [0, 0.1) is 0 Å². The average molecular weight is 584 g/mol. The molecule has 1 fully saturated rings. The van der Waals surface area contributed by atoms with Crippen molar-refractivity contribution >= 4 is 29.1 Å². The second-order valence-electron chi connectivity index (χ2n) is 9.87. The van der Waals surface area contributed by atoms with E-state index in [0.717, 1.165) is 11.6 Å². The number of ether oxygens (including phenoxy) is 1. The number of alkyl halides is 3. The van der Waals surface area contributed by atoms with Crippen LogP contribution in [0.2, 0.25) is 5.02 Å². The molecule has 0 aliphatic carbocycles. The topological polar surface area (TPSA) is 85.9 Å². The lowest BCUT2D eigenvalue weighted by molar-refractivity contribution is -0.137. The molecule has 12 heteroatoms. The minimum atomic E-state index is -4.45. The van der Waals surface area contributed by atoms with Crippen LogP contribution in [0.1, 0.15) is 23.6 Å². The minimum absolute atomic E-state index is 0.0439. The third-order valence-electron chi connectivity index (χ3n) is 6.72. The maximum Gasteiger partial charge on any atom is 0.416 e. The predicted molar refractivity (Wildman–Crippen MR) is 149 cm³/mol. The zero-order valence-corrected chi connectivity index (χ0v) is 23.7. The summed E-state index contributed by atoms with van der Waals surface area (Å²) in [5, 5.41) is 9.40. The molecule has 0 radical (unpaired) electrons. The van der Waals surface area contributed by atoms with Crippen LogP contribution in [0.5, 0.6) is 0 Å². The number of nitrogens with zero attached hydrogens (tertiary/aromatic N) is 2. The van der Waals surface area contributed by atoms with Crippen molar-refractivity contribution in [2.45, 2.75) is 38.1 Å². The molecule has 0 saturated carbocycles. The van der Waals surface area contributed by atoms with Gasteiger partial charge in [0.2, 0.25) is 11.8 Å². The molecule has 1 heterocycles. The Labute approximate surface area is 238 Å². The van der Waals surface area contributed by atoms with Crippen molar-refractivity contribution in [3.05, 3.63) is 64.2 Å². The summed E-state index contributed by atoms with van der Waals surface area (Å²) in [6.45, 7) is 4.26. The van der Waals surface area contributed by atoms with Crippen LogP contribution in [0.4, 0.5) is 18.9 Å². The van der Waals surface area contributed by atoms with Crippen LogP contribution >= 0.6 is 11.6 Å². The number of carbonyl (C=O) groups is 2. The first-order valence-electron chi connectivity index (χ1n) is 13.2. The van der Waals surface area contributed by atoms with Crippen LogP contribution < -0.4 is 20.9 Å². The van der Waals surface area contributed by atoms with E-state index in [1.807, 2.05) is 24.0 Å². The number of piperazine rings is 1. The van der Waals surface area contributed by atoms with Crippen molar-refractivity contribution in [1.82, 2.24) is 20.9 Å². The molecule has 2 aromatic carbocycles. The fourth-order valence-corrected chi connectivity index (χ4v) is 4.78. The highest BCUT2D eigenvalue weighted by Gasteiger charge is 2.33. The quantitative estimate of drug-likeness (QED) is 0.356. The Balaban J connectivity index is 1.73. The standard InChI is InChI=1S/C28H37ClF3N5O3/c1-19(18-40-3)34-16-21-15-22(28(30,31)32)6-9-25(21)36-10-12-37(13-11-36)27(39)24(35-26(38)17-33-2)14-20-4-7-23(29)8-5-20/h4-9,15,19,24,33-34H,10-14,16-18H2,1-3H3,(H,35,38)/t19?,24-/m1/s1. The Morgan fingerprint density at radius 2 is 1.75 bits per heavy atom. The monoisotopic (exact) mass is 583 g/mol. The van der Waals surface area contributed by atoms with Gasteiger partial charge in [0, 0.05) is 63.0 Å². The summed E-state index contributed by atoms with van der Waals surface area (Å²) in [6.07, 6.45) is -4.15. The van der Waals surface area contributed by atoms with Gasteiger partial charge in [-0.2, -0.15) is 13.2 Å². The third-order valence-corrected chi connectivity index (χ3v) is 6.97. The van der Waals surface area contributed by atoms with Gasteiger partial charge >= 0.3 is 6.18 Å². The van der Waals surface area contributed by atoms with Crippen LogP contribution in [0.15, 0.2) is 42.5 Å². The van der Waals surface area contributed by atoms with Crippen LogP contribution in [0.25, 0.3) is 0 Å². The Kier molecular flexibility index (Phi) is 11.6. The number of rotatable bonds is 12. The molecular weight excluding hydrogens is 547 g/mol. The molecule has 2 amide bonds. The van der Waals surface area contributed by atoms with Gasteiger partial charge in [0.1, 0.15) is 6.04 Å². The van der Waals surface area contributed by atoms with Gasteiger partial charge in [0.05, 0.1) is 18.7 Å². The van der Waals surface area contributed by atoms with Crippen molar-refractivity contribution in [1.29, 1.82) is 0 Å². The van der Waals surface area contributed by atoms with Gasteiger partial charge in [-0.15, -0.1) is 0 Å². The van der Waals surface area contributed by atoms with Gasteiger partial charge in [0.15, 0.2) is 0 Å². The lowest BCUT2D eigenvalue weighted by Crippen LogP contribution is -2.56. The number of nitrogens with one attached hydrogen (secondary N) is 3. The third kappa shape index (κ3) is 9.09. The molecule has 2 aromatic rings. The molecule has 1 aliphatic heterocycles. The molecule has 0 spiro atoms. The fourth-order valence-electron chi connectivity index (χ4n) is 4.66. The molecule has 0 bridgehead atoms. The van der Waals surface area contributed by atoms with Crippen molar-refractivity contribution in [2.24, 2.45) is 0 Å². The average Bonchev–Trinajstić information content (AvgIpc) is 2.92. The first-order valence-corrected chi connectivity index (χ1v) is 13.5. The van der Waals surface area contributed by atoms with Crippen molar-refractivity contribution in [2.75, 3.05) is 58.4 Å². The SMILES string of the molecule is CNCC(=O)N[C@H](Cc1ccc(Cl)cc1)C(=O)N1CCN(c2ccc(C(F)(F)F)cc2CNC(C)COC)CC1. The van der Waals surface area contributed by atoms with Crippen LogP contribution in [-0.4, -0.2) is 82.3 Å². The summed E-state index contributed by atoms with van der Waals surface area (Å²) < 4.78 is 45.5. The number of anilines is 1. The van der Waals surface area contributed by atoms with Gasteiger partial charge in [-0.05, 0) is 55.4 Å². The molecule has 2 atom stereocenters. The smallest absolute Gasteiger partial charge is 0.383 e. The summed E-state index contributed by atoms with van der Waals surface area (Å²) in [6, 6.07) is 10.1. The van der Waals surface area contributed by atoms with Crippen LogP contribution in [-0.2, 0) is 33.5 Å². The maximum absolute atomic E-state index is 13.5. The van der Waals surface area contributed by atoms with Crippen molar-refractivity contribution in [3.8, 4) is 0 Å². The Morgan fingerprint density at radius 1 is 1.07 bits per heavy atom. The molecule has 0 aromatic heterocycles. The number of halogens is 4. The highest BCUT2D eigenvalue weighted by atomic mass is 35.5. The zero-order chi connectivity index (χ0) is 29.3. The fraction of sp³-hybridized carbons (Fsp3) is 0.500. The molecule has 1 aliphatic rings. The van der Waals surface area contributed by atoms with E-state index in [0.29, 0.717) is 55.5 Å². The van der Waals surface area contributed by atoms with Gasteiger partial charge in [-0.3, -0.25) is 9.59 Å². The summed E-state index contributed by atoms with van der Waals surface area (Å²) >= 11 is 5.99. The number of carbonyl (C=O) groups excluding carboxylic acids is 2. The number of methoxy groups -OCH3 is 1. The van der Waals surface area contributed by atoms with Gasteiger partial charge in [0.25, 0.3) is 0 Å². The summed E-state index contributed by atoms with van der Waals surface area (Å²) in [5.74, 6) is -0.500. The van der Waals surface area contributed by atoms with E-state index in [2.05, 4.69) is 16.0 Å². The van der Waals surface area contributed by atoms with E-state index in [-0.39, 0.29) is 30.9 Å². The summed E-state index contributed by atoms with van der Waals surface area (Å²) in [5.41, 5.74) is 1.37. The Bertz CT molecular complexity index is 1130. The van der Waals surface area contributed by atoms with Crippen molar-refractivity contribution in [3.63, 3.8) is 0 Å². The van der Waals surface area contributed by atoms with Gasteiger partial charge < -0.3 is 30.5 Å². The van der Waals surface area contributed by atoms with E-state index in [4.69, 9.17) is 16.3 Å². The predicted octanol–water partition coefficient (Wildman–Crippen LogP) is 3.08. The molecular formula is C28H37ClF3N5O3. The largest absolute Gasteiger partial charge is 0.416 e. The second kappa shape index (κ2) is 14.7. The van der Waals surface area contributed by atoms with Gasteiger partial charge in [-0.25, -0.2) is 0 Å². The molecule has 3 N–H and O–H groups in total. The molecule has 3 rings (SSSR count). The van der Waals surface area contributed by atoms with Gasteiger partial charge in [-0.1, -0.05) is 23.7 Å². The van der Waals surface area contributed by atoms with Crippen LogP contribution in [0.3, 0.4) is 0 Å². The first kappa shape index (κ1) is 31.7.